The van der Waals surface area contributed by atoms with E-state index in [9.17, 15) is 8.42 Å². The van der Waals surface area contributed by atoms with Crippen LogP contribution in [0.2, 0.25) is 0 Å². The van der Waals surface area contributed by atoms with Crippen molar-refractivity contribution in [1.82, 2.24) is 18.9 Å². The molecule has 0 amide bonds. The van der Waals surface area contributed by atoms with E-state index in [4.69, 9.17) is 0 Å². The number of pyridine rings is 1. The van der Waals surface area contributed by atoms with Crippen LogP contribution in [0, 0.1) is 0 Å². The fourth-order valence-electron chi connectivity index (χ4n) is 2.69. The molecule has 3 heterocycles. The van der Waals surface area contributed by atoms with Gasteiger partial charge in [-0.2, -0.15) is 0 Å². The zero-order valence-electron chi connectivity index (χ0n) is 13.8. The quantitative estimate of drug-likeness (QED) is 0.503. The van der Waals surface area contributed by atoms with E-state index in [0.717, 1.165) is 10.3 Å². The maximum atomic E-state index is 13.3. The maximum Gasteiger partial charge on any atom is 0.270 e. The summed E-state index contributed by atoms with van der Waals surface area (Å²) in [5, 5.41) is 0.721. The lowest BCUT2D eigenvalue weighted by Gasteiger charge is -2.10. The minimum Gasteiger partial charge on any atom is -0.236 e. The van der Waals surface area contributed by atoms with Crippen LogP contribution < -0.4 is 0 Å². The van der Waals surface area contributed by atoms with Crippen LogP contribution in [-0.2, 0) is 10.0 Å². The highest BCUT2D eigenvalue weighted by atomic mass is 32.2. The molecule has 6 nitrogen and oxygen atoms in total. The SMILES string of the molecule is CSc1cnc2c(c1)cc(-c1ncccn1)n2S(=O)(=O)c1ccccc1. The molecule has 0 N–H and O–H groups in total. The van der Waals surface area contributed by atoms with Gasteiger partial charge in [0.05, 0.1) is 4.90 Å². The molecule has 8 heteroatoms. The van der Waals surface area contributed by atoms with Crippen molar-refractivity contribution in [2.24, 2.45) is 0 Å². The normalized spacial score (nSPS) is 11.7. The molecule has 0 saturated heterocycles. The van der Waals surface area contributed by atoms with E-state index in [1.165, 1.54) is 3.97 Å². The van der Waals surface area contributed by atoms with Crippen molar-refractivity contribution in [2.75, 3.05) is 6.26 Å². The van der Waals surface area contributed by atoms with E-state index in [-0.39, 0.29) is 4.90 Å². The summed E-state index contributed by atoms with van der Waals surface area (Å²) in [6.45, 7) is 0. The van der Waals surface area contributed by atoms with E-state index < -0.39 is 10.0 Å². The zero-order chi connectivity index (χ0) is 18.1. The molecule has 1 aromatic carbocycles. The summed E-state index contributed by atoms with van der Waals surface area (Å²) >= 11 is 1.55. The van der Waals surface area contributed by atoms with Crippen molar-refractivity contribution in [2.45, 2.75) is 9.79 Å². The van der Waals surface area contributed by atoms with Gasteiger partial charge in [0.15, 0.2) is 11.5 Å². The molecule has 0 aliphatic heterocycles. The summed E-state index contributed by atoms with van der Waals surface area (Å²) in [5.74, 6) is 0.329. The minimum absolute atomic E-state index is 0.186. The highest BCUT2D eigenvalue weighted by Gasteiger charge is 2.25. The molecule has 4 rings (SSSR count). The van der Waals surface area contributed by atoms with E-state index >= 15 is 0 Å². The second-order valence-electron chi connectivity index (χ2n) is 5.47. The Hall–Kier alpha value is -2.71. The fourth-order valence-corrected chi connectivity index (χ4v) is 4.58. The Labute approximate surface area is 155 Å². The van der Waals surface area contributed by atoms with Crippen LogP contribution in [-0.4, -0.2) is 33.6 Å². The first-order valence-electron chi connectivity index (χ1n) is 7.75. The second-order valence-corrected chi connectivity index (χ2v) is 8.14. The van der Waals surface area contributed by atoms with Gasteiger partial charge in [-0.05, 0) is 36.6 Å². The summed E-state index contributed by atoms with van der Waals surface area (Å²) < 4.78 is 27.9. The summed E-state index contributed by atoms with van der Waals surface area (Å²) in [4.78, 5) is 14.0. The highest BCUT2D eigenvalue weighted by Crippen LogP contribution is 2.31. The molecule has 3 aromatic heterocycles. The molecule has 130 valence electrons. The van der Waals surface area contributed by atoms with Crippen molar-refractivity contribution in [3.63, 3.8) is 0 Å². The zero-order valence-corrected chi connectivity index (χ0v) is 15.4. The summed E-state index contributed by atoms with van der Waals surface area (Å²) in [5.41, 5.74) is 0.740. The first-order valence-corrected chi connectivity index (χ1v) is 10.4. The maximum absolute atomic E-state index is 13.3. The third-order valence-electron chi connectivity index (χ3n) is 3.89. The predicted octanol–water partition coefficient (Wildman–Crippen LogP) is 3.45. The van der Waals surface area contributed by atoms with Crippen LogP contribution in [0.4, 0.5) is 0 Å². The first-order chi connectivity index (χ1) is 12.6. The molecule has 0 spiro atoms. The lowest BCUT2D eigenvalue weighted by atomic mass is 10.3. The predicted molar refractivity (Wildman–Crippen MR) is 102 cm³/mol. The van der Waals surface area contributed by atoms with Gasteiger partial charge < -0.3 is 0 Å². The molecule has 0 bridgehead atoms. The molecule has 4 aromatic rings. The molecule has 0 saturated carbocycles. The number of hydrogen-bond donors (Lipinski definition) is 0. The molecular weight excluding hydrogens is 368 g/mol. The third kappa shape index (κ3) is 2.77. The Morgan fingerprint density at radius 1 is 0.962 bits per heavy atom. The van der Waals surface area contributed by atoms with Crippen LogP contribution in [0.25, 0.3) is 22.6 Å². The summed E-state index contributed by atoms with van der Waals surface area (Å²) in [6, 6.07) is 13.6. The molecule has 0 unspecified atom stereocenters. The molecule has 0 fully saturated rings. The van der Waals surface area contributed by atoms with Crippen LogP contribution in [0.15, 0.2) is 76.9 Å². The Balaban J connectivity index is 2.06. The smallest absolute Gasteiger partial charge is 0.236 e. The standard InChI is InChI=1S/C18H14N4O2S2/c1-25-14-10-13-11-16(17-19-8-5-9-20-17)22(18(13)21-12-14)26(23,24)15-6-3-2-4-7-15/h2-12H,1H3. The lowest BCUT2D eigenvalue weighted by molar-refractivity contribution is 0.589. The van der Waals surface area contributed by atoms with Crippen molar-refractivity contribution in [3.05, 3.63) is 67.1 Å². The van der Waals surface area contributed by atoms with E-state index in [0.29, 0.717) is 17.2 Å². The average Bonchev–Trinajstić information content (AvgIpc) is 3.08. The number of rotatable bonds is 4. The number of benzene rings is 1. The van der Waals surface area contributed by atoms with Gasteiger partial charge in [-0.25, -0.2) is 27.3 Å². The number of nitrogens with zero attached hydrogens (tertiary/aromatic N) is 4. The largest absolute Gasteiger partial charge is 0.270 e. The van der Waals surface area contributed by atoms with Gasteiger partial charge >= 0.3 is 0 Å². The number of fused-ring (bicyclic) bond motifs is 1. The van der Waals surface area contributed by atoms with Gasteiger partial charge in [0.1, 0.15) is 5.69 Å². The Morgan fingerprint density at radius 2 is 1.69 bits per heavy atom. The van der Waals surface area contributed by atoms with Gasteiger partial charge in [0.25, 0.3) is 10.0 Å². The molecule has 0 aliphatic rings. The first kappa shape index (κ1) is 16.7. The Morgan fingerprint density at radius 3 is 2.38 bits per heavy atom. The number of thioether (sulfide) groups is 1. The van der Waals surface area contributed by atoms with Crippen molar-refractivity contribution >= 4 is 32.8 Å². The van der Waals surface area contributed by atoms with Gasteiger partial charge in [-0.3, -0.25) is 0 Å². The minimum atomic E-state index is -3.85. The molecule has 0 aliphatic carbocycles. The Kier molecular flexibility index (Phi) is 4.21. The summed E-state index contributed by atoms with van der Waals surface area (Å²) in [6.07, 6.45) is 6.78. The molecule has 26 heavy (non-hydrogen) atoms. The molecule has 0 atom stereocenters. The van der Waals surface area contributed by atoms with Crippen molar-refractivity contribution in [1.29, 1.82) is 0 Å². The van der Waals surface area contributed by atoms with Crippen LogP contribution in [0.3, 0.4) is 0 Å². The third-order valence-corrected chi connectivity index (χ3v) is 6.30. The van der Waals surface area contributed by atoms with Crippen LogP contribution >= 0.6 is 11.8 Å². The van der Waals surface area contributed by atoms with E-state index in [2.05, 4.69) is 15.0 Å². The fraction of sp³-hybridized carbons (Fsp3) is 0.0556. The van der Waals surface area contributed by atoms with Gasteiger partial charge in [0.2, 0.25) is 0 Å². The van der Waals surface area contributed by atoms with Crippen molar-refractivity contribution in [3.8, 4) is 11.5 Å². The number of aromatic nitrogens is 4. The second kappa shape index (κ2) is 6.54. The lowest BCUT2D eigenvalue weighted by Crippen LogP contribution is -2.15. The molecular formula is C18H14N4O2S2. The monoisotopic (exact) mass is 382 g/mol. The highest BCUT2D eigenvalue weighted by molar-refractivity contribution is 7.98. The van der Waals surface area contributed by atoms with E-state index in [1.807, 2.05) is 12.3 Å². The van der Waals surface area contributed by atoms with Gasteiger partial charge in [0, 0.05) is 28.9 Å². The topological polar surface area (TPSA) is 77.7 Å². The number of hydrogen-bond acceptors (Lipinski definition) is 6. The van der Waals surface area contributed by atoms with Gasteiger partial charge in [-0.1, -0.05) is 18.2 Å². The Bertz CT molecular complexity index is 1170. The van der Waals surface area contributed by atoms with Crippen LogP contribution in [0.5, 0.6) is 0 Å². The van der Waals surface area contributed by atoms with Crippen molar-refractivity contribution < 1.29 is 8.42 Å². The van der Waals surface area contributed by atoms with Gasteiger partial charge in [-0.15, -0.1) is 11.8 Å². The summed E-state index contributed by atoms with van der Waals surface area (Å²) in [7, 11) is -3.85. The van der Waals surface area contributed by atoms with Crippen LogP contribution in [0.1, 0.15) is 0 Å². The molecule has 0 radical (unpaired) electrons. The average molecular weight is 382 g/mol. The van der Waals surface area contributed by atoms with E-state index in [1.54, 1.807) is 72.8 Å².